The van der Waals surface area contributed by atoms with Gasteiger partial charge in [0.15, 0.2) is 12.6 Å². The predicted molar refractivity (Wildman–Crippen MR) is 109 cm³/mol. The number of rotatable bonds is 7. The van der Waals surface area contributed by atoms with Gasteiger partial charge in [-0.05, 0) is 47.0 Å². The fourth-order valence-electron chi connectivity index (χ4n) is 1.99. The molecule has 144 valence electrons. The molecule has 2 N–H and O–H groups in total. The molecule has 26 heavy (non-hydrogen) atoms. The molecule has 0 saturated heterocycles. The first-order valence-corrected chi connectivity index (χ1v) is 8.72. The van der Waals surface area contributed by atoms with Gasteiger partial charge in [0.05, 0.1) is 6.54 Å². The molecule has 0 radical (unpaired) electrons. The van der Waals surface area contributed by atoms with Gasteiger partial charge >= 0.3 is 6.18 Å². The molecule has 1 heterocycles. The van der Waals surface area contributed by atoms with Gasteiger partial charge in [0.2, 0.25) is 0 Å². The highest BCUT2D eigenvalue weighted by atomic mass is 127. The largest absolute Gasteiger partial charge is 0.484 e. The Morgan fingerprint density at radius 3 is 2.65 bits per heavy atom. The van der Waals surface area contributed by atoms with Crippen molar-refractivity contribution in [2.75, 3.05) is 13.2 Å². The SMILES string of the molecule is CCNC(=NCc1ccsc1)NCc1cccc(OCC(F)(F)F)c1.I. The summed E-state index contributed by atoms with van der Waals surface area (Å²) in [6.45, 7) is 2.37. The summed E-state index contributed by atoms with van der Waals surface area (Å²) in [7, 11) is 0. The van der Waals surface area contributed by atoms with Crippen LogP contribution in [0.25, 0.3) is 0 Å². The molecule has 2 rings (SSSR count). The number of alkyl halides is 3. The Morgan fingerprint density at radius 1 is 1.19 bits per heavy atom. The van der Waals surface area contributed by atoms with Crippen LogP contribution in [0, 0.1) is 0 Å². The summed E-state index contributed by atoms with van der Waals surface area (Å²) in [5, 5.41) is 10.3. The minimum Gasteiger partial charge on any atom is -0.484 e. The van der Waals surface area contributed by atoms with Crippen LogP contribution in [0.15, 0.2) is 46.1 Å². The van der Waals surface area contributed by atoms with Crippen LogP contribution in [0.1, 0.15) is 18.1 Å². The molecule has 0 spiro atoms. The van der Waals surface area contributed by atoms with Crippen LogP contribution in [0.2, 0.25) is 0 Å². The molecule has 0 amide bonds. The van der Waals surface area contributed by atoms with E-state index in [9.17, 15) is 13.2 Å². The topological polar surface area (TPSA) is 45.7 Å². The molecule has 4 nitrogen and oxygen atoms in total. The molecule has 9 heteroatoms. The maximum Gasteiger partial charge on any atom is 0.422 e. The summed E-state index contributed by atoms with van der Waals surface area (Å²) >= 11 is 1.62. The van der Waals surface area contributed by atoms with E-state index in [2.05, 4.69) is 15.6 Å². The monoisotopic (exact) mass is 499 g/mol. The standard InChI is InChI=1S/C17H20F3N3OS.HI/c1-2-21-16(23-10-14-6-7-25-11-14)22-9-13-4-3-5-15(8-13)24-12-17(18,19)20;/h3-8,11H,2,9-10,12H2,1H3,(H2,21,22,23);1H. The predicted octanol–water partition coefficient (Wildman–Crippen LogP) is 4.56. The number of guanidine groups is 1. The second kappa shape index (κ2) is 11.3. The van der Waals surface area contributed by atoms with E-state index in [-0.39, 0.29) is 29.7 Å². The third kappa shape index (κ3) is 8.75. The second-order valence-corrected chi connectivity index (χ2v) is 6.01. The first-order valence-electron chi connectivity index (χ1n) is 7.78. The molecule has 1 aromatic heterocycles. The minimum atomic E-state index is -4.35. The van der Waals surface area contributed by atoms with Crippen molar-refractivity contribution >= 4 is 41.3 Å². The van der Waals surface area contributed by atoms with Crippen molar-refractivity contribution in [3.8, 4) is 5.75 Å². The molecule has 0 fully saturated rings. The maximum atomic E-state index is 12.2. The quantitative estimate of drug-likeness (QED) is 0.334. The van der Waals surface area contributed by atoms with Crippen molar-refractivity contribution in [2.24, 2.45) is 4.99 Å². The molecule has 0 aliphatic rings. The number of thiophene rings is 1. The van der Waals surface area contributed by atoms with E-state index in [1.807, 2.05) is 29.8 Å². The number of ether oxygens (including phenoxy) is 1. The Hall–Kier alpha value is -1.49. The lowest BCUT2D eigenvalue weighted by atomic mass is 10.2. The van der Waals surface area contributed by atoms with Crippen LogP contribution < -0.4 is 15.4 Å². The summed E-state index contributed by atoms with van der Waals surface area (Å²) in [6.07, 6.45) is -4.35. The second-order valence-electron chi connectivity index (χ2n) is 5.23. The summed E-state index contributed by atoms with van der Waals surface area (Å²) < 4.78 is 41.4. The van der Waals surface area contributed by atoms with Crippen molar-refractivity contribution in [2.45, 2.75) is 26.2 Å². The maximum absolute atomic E-state index is 12.2. The zero-order valence-electron chi connectivity index (χ0n) is 14.2. The highest BCUT2D eigenvalue weighted by Gasteiger charge is 2.28. The van der Waals surface area contributed by atoms with Gasteiger partial charge in [-0.25, -0.2) is 4.99 Å². The molecule has 0 aliphatic heterocycles. The first kappa shape index (κ1) is 22.6. The summed E-state index contributed by atoms with van der Waals surface area (Å²) in [4.78, 5) is 4.48. The molecular formula is C17H21F3IN3OS. The summed E-state index contributed by atoms with van der Waals surface area (Å²) in [5.41, 5.74) is 1.94. The van der Waals surface area contributed by atoms with Gasteiger partial charge in [0.25, 0.3) is 0 Å². The first-order chi connectivity index (χ1) is 12.0. The van der Waals surface area contributed by atoms with E-state index in [0.717, 1.165) is 11.1 Å². The number of benzene rings is 1. The number of aliphatic imine (C=N–C) groups is 1. The Morgan fingerprint density at radius 2 is 2.00 bits per heavy atom. The molecule has 0 bridgehead atoms. The van der Waals surface area contributed by atoms with Crippen LogP contribution in [0.4, 0.5) is 13.2 Å². The molecule has 0 saturated carbocycles. The third-order valence-corrected chi connectivity index (χ3v) is 3.84. The van der Waals surface area contributed by atoms with Crippen molar-refractivity contribution in [1.29, 1.82) is 0 Å². The number of nitrogens with zero attached hydrogens (tertiary/aromatic N) is 1. The van der Waals surface area contributed by atoms with Gasteiger partial charge in [-0.2, -0.15) is 24.5 Å². The van der Waals surface area contributed by atoms with Crippen molar-refractivity contribution < 1.29 is 17.9 Å². The van der Waals surface area contributed by atoms with Crippen LogP contribution in [-0.2, 0) is 13.1 Å². The van der Waals surface area contributed by atoms with Crippen LogP contribution in [-0.4, -0.2) is 25.3 Å². The van der Waals surface area contributed by atoms with Gasteiger partial charge < -0.3 is 15.4 Å². The Labute approximate surface area is 171 Å². The van der Waals surface area contributed by atoms with Crippen molar-refractivity contribution in [1.82, 2.24) is 10.6 Å². The number of nitrogens with one attached hydrogen (secondary N) is 2. The smallest absolute Gasteiger partial charge is 0.422 e. The lowest BCUT2D eigenvalue weighted by Crippen LogP contribution is -2.36. The minimum absolute atomic E-state index is 0. The molecule has 1 aromatic carbocycles. The normalized spacial score (nSPS) is 11.6. The molecule has 2 aromatic rings. The zero-order valence-corrected chi connectivity index (χ0v) is 17.3. The van der Waals surface area contributed by atoms with Gasteiger partial charge in [0.1, 0.15) is 5.75 Å². The fourth-order valence-corrected chi connectivity index (χ4v) is 2.65. The van der Waals surface area contributed by atoms with E-state index in [4.69, 9.17) is 4.74 Å². The lowest BCUT2D eigenvalue weighted by Gasteiger charge is -2.13. The molecular weight excluding hydrogens is 478 g/mol. The average Bonchev–Trinajstić information content (AvgIpc) is 3.09. The molecule has 0 unspecified atom stereocenters. The number of hydrogen-bond donors (Lipinski definition) is 2. The highest BCUT2D eigenvalue weighted by Crippen LogP contribution is 2.19. The van der Waals surface area contributed by atoms with E-state index >= 15 is 0 Å². The fraction of sp³-hybridized carbons (Fsp3) is 0.353. The van der Waals surface area contributed by atoms with Crippen molar-refractivity contribution in [3.63, 3.8) is 0 Å². The highest BCUT2D eigenvalue weighted by molar-refractivity contribution is 14.0. The molecule has 0 atom stereocenters. The van der Waals surface area contributed by atoms with E-state index in [0.29, 0.717) is 25.6 Å². The van der Waals surface area contributed by atoms with Gasteiger partial charge in [-0.1, -0.05) is 12.1 Å². The van der Waals surface area contributed by atoms with Crippen LogP contribution in [0.5, 0.6) is 5.75 Å². The summed E-state index contributed by atoms with van der Waals surface area (Å²) in [6, 6.07) is 8.58. The van der Waals surface area contributed by atoms with Gasteiger partial charge in [-0.15, -0.1) is 24.0 Å². The van der Waals surface area contributed by atoms with E-state index in [1.54, 1.807) is 23.5 Å². The number of hydrogen-bond acceptors (Lipinski definition) is 3. The lowest BCUT2D eigenvalue weighted by molar-refractivity contribution is -0.153. The average molecular weight is 499 g/mol. The Bertz CT molecular complexity index is 678. The van der Waals surface area contributed by atoms with E-state index in [1.165, 1.54) is 6.07 Å². The summed E-state index contributed by atoms with van der Waals surface area (Å²) in [5.74, 6) is 0.840. The molecule has 0 aliphatic carbocycles. The van der Waals surface area contributed by atoms with Crippen LogP contribution >= 0.6 is 35.3 Å². The Balaban J connectivity index is 0.00000338. The zero-order chi connectivity index (χ0) is 18.1. The van der Waals surface area contributed by atoms with E-state index < -0.39 is 12.8 Å². The van der Waals surface area contributed by atoms with Crippen molar-refractivity contribution in [3.05, 3.63) is 52.2 Å². The third-order valence-electron chi connectivity index (χ3n) is 3.10. The number of halogens is 4. The Kier molecular flexibility index (Phi) is 9.78. The van der Waals surface area contributed by atoms with Gasteiger partial charge in [0, 0.05) is 13.1 Å². The van der Waals surface area contributed by atoms with Gasteiger partial charge in [-0.3, -0.25) is 0 Å². The van der Waals surface area contributed by atoms with Crippen LogP contribution in [0.3, 0.4) is 0 Å².